The molecule has 1 aliphatic rings. The molecule has 140 valence electrons. The van der Waals surface area contributed by atoms with Crippen molar-refractivity contribution in [1.82, 2.24) is 15.1 Å². The first-order chi connectivity index (χ1) is 12.3. The molecule has 0 amide bonds. The van der Waals surface area contributed by atoms with Gasteiger partial charge in [-0.05, 0) is 38.5 Å². The van der Waals surface area contributed by atoms with Crippen molar-refractivity contribution in [2.24, 2.45) is 0 Å². The number of aromatic nitrogens is 2. The van der Waals surface area contributed by atoms with Crippen molar-refractivity contribution in [2.75, 3.05) is 31.1 Å². The Hall–Kier alpha value is -1.99. The van der Waals surface area contributed by atoms with E-state index in [1.165, 1.54) is 5.56 Å². The lowest BCUT2D eigenvalue weighted by atomic mass is 10.2. The molecule has 0 spiro atoms. The molecule has 7 heteroatoms. The van der Waals surface area contributed by atoms with E-state index in [9.17, 15) is 8.42 Å². The fourth-order valence-corrected chi connectivity index (χ4v) is 3.94. The van der Waals surface area contributed by atoms with Crippen LogP contribution in [0.3, 0.4) is 0 Å². The van der Waals surface area contributed by atoms with Gasteiger partial charge in [-0.3, -0.25) is 4.90 Å². The second-order valence-electron chi connectivity index (χ2n) is 7.59. The molecule has 3 rings (SSSR count). The largest absolute Gasteiger partial charge is 0.353 e. The van der Waals surface area contributed by atoms with Crippen LogP contribution in [0.25, 0.3) is 0 Å². The highest BCUT2D eigenvalue weighted by Gasteiger charge is 2.32. The first-order valence-electron chi connectivity index (χ1n) is 8.87. The molecule has 0 saturated carbocycles. The van der Waals surface area contributed by atoms with E-state index in [1.54, 1.807) is 32.9 Å². The summed E-state index contributed by atoms with van der Waals surface area (Å²) in [6.45, 7) is 9.55. The molecule has 26 heavy (non-hydrogen) atoms. The number of nitrogens with zero attached hydrogens (tertiary/aromatic N) is 4. The molecular weight excluding hydrogens is 348 g/mol. The van der Waals surface area contributed by atoms with Gasteiger partial charge < -0.3 is 4.90 Å². The molecule has 1 aliphatic heterocycles. The minimum Gasteiger partial charge on any atom is -0.353 e. The highest BCUT2D eigenvalue weighted by Crippen LogP contribution is 2.24. The molecular formula is C19H26N4O2S. The third-order valence-electron chi connectivity index (χ3n) is 4.65. The summed E-state index contributed by atoms with van der Waals surface area (Å²) in [4.78, 5) is 4.57. The van der Waals surface area contributed by atoms with Crippen LogP contribution in [0.2, 0.25) is 0 Å². The number of rotatable bonds is 4. The smallest absolute Gasteiger partial charge is 0.202 e. The summed E-state index contributed by atoms with van der Waals surface area (Å²) in [5.74, 6) is 0.734. The Labute approximate surface area is 155 Å². The van der Waals surface area contributed by atoms with Gasteiger partial charge in [0.2, 0.25) is 9.84 Å². The maximum absolute atomic E-state index is 12.4. The molecule has 0 atom stereocenters. The lowest BCUT2D eigenvalue weighted by Crippen LogP contribution is -2.46. The van der Waals surface area contributed by atoms with Crippen molar-refractivity contribution < 1.29 is 8.42 Å². The van der Waals surface area contributed by atoms with Crippen molar-refractivity contribution in [3.05, 3.63) is 48.0 Å². The SMILES string of the molecule is CC(C)(C)S(=O)(=O)c1ccc(N2CCN(Cc3ccccc3)CC2)nn1. The Morgan fingerprint density at radius 3 is 2.12 bits per heavy atom. The van der Waals surface area contributed by atoms with Gasteiger partial charge in [-0.15, -0.1) is 10.2 Å². The van der Waals surface area contributed by atoms with Gasteiger partial charge in [-0.1, -0.05) is 30.3 Å². The number of hydrogen-bond donors (Lipinski definition) is 0. The topological polar surface area (TPSA) is 66.4 Å². The molecule has 1 aromatic heterocycles. The van der Waals surface area contributed by atoms with Crippen LogP contribution in [0, 0.1) is 0 Å². The van der Waals surface area contributed by atoms with Crippen molar-refractivity contribution >= 4 is 15.7 Å². The minimum atomic E-state index is -3.47. The van der Waals surface area contributed by atoms with E-state index < -0.39 is 14.6 Å². The third kappa shape index (κ3) is 4.04. The fourth-order valence-electron chi connectivity index (χ4n) is 2.92. The number of anilines is 1. The van der Waals surface area contributed by atoms with Gasteiger partial charge in [-0.25, -0.2) is 8.42 Å². The van der Waals surface area contributed by atoms with E-state index in [-0.39, 0.29) is 5.03 Å². The summed E-state index contributed by atoms with van der Waals surface area (Å²) in [7, 11) is -3.47. The molecule has 1 fully saturated rings. The molecule has 0 unspecified atom stereocenters. The van der Waals surface area contributed by atoms with Crippen molar-refractivity contribution in [3.8, 4) is 0 Å². The first-order valence-corrected chi connectivity index (χ1v) is 10.4. The van der Waals surface area contributed by atoms with Gasteiger partial charge in [-0.2, -0.15) is 0 Å². The van der Waals surface area contributed by atoms with Crippen LogP contribution in [0.5, 0.6) is 0 Å². The van der Waals surface area contributed by atoms with Gasteiger partial charge in [0.25, 0.3) is 0 Å². The Morgan fingerprint density at radius 1 is 0.923 bits per heavy atom. The summed E-state index contributed by atoms with van der Waals surface area (Å²) in [6, 6.07) is 13.8. The second kappa shape index (κ2) is 7.32. The average Bonchev–Trinajstić information content (AvgIpc) is 2.62. The maximum Gasteiger partial charge on any atom is 0.202 e. The van der Waals surface area contributed by atoms with E-state index in [0.29, 0.717) is 0 Å². The number of sulfone groups is 1. The van der Waals surface area contributed by atoms with E-state index >= 15 is 0 Å². The van der Waals surface area contributed by atoms with Gasteiger partial charge in [0.05, 0.1) is 4.75 Å². The van der Waals surface area contributed by atoms with Gasteiger partial charge in [0, 0.05) is 32.7 Å². The Bertz CT molecular complexity index is 822. The standard InChI is InChI=1S/C19H26N4O2S/c1-19(2,3)26(24,25)18-10-9-17(20-21-18)23-13-11-22(12-14-23)15-16-7-5-4-6-8-16/h4-10H,11-15H2,1-3H3. The third-order valence-corrected chi connectivity index (χ3v) is 7.03. The summed E-state index contributed by atoms with van der Waals surface area (Å²) in [5, 5.41) is 8.19. The van der Waals surface area contributed by atoms with E-state index in [0.717, 1.165) is 38.5 Å². The molecule has 1 saturated heterocycles. The molecule has 0 N–H and O–H groups in total. The van der Waals surface area contributed by atoms with Crippen LogP contribution in [-0.2, 0) is 16.4 Å². The predicted molar refractivity (Wildman–Crippen MR) is 103 cm³/mol. The zero-order chi connectivity index (χ0) is 18.8. The van der Waals surface area contributed by atoms with Crippen LogP contribution in [0.4, 0.5) is 5.82 Å². The quantitative estimate of drug-likeness (QED) is 0.819. The zero-order valence-corrected chi connectivity index (χ0v) is 16.4. The van der Waals surface area contributed by atoms with Gasteiger partial charge in [0.1, 0.15) is 0 Å². The normalized spacial score (nSPS) is 16.7. The van der Waals surface area contributed by atoms with E-state index in [1.807, 2.05) is 6.07 Å². The van der Waals surface area contributed by atoms with Crippen LogP contribution in [0.1, 0.15) is 26.3 Å². The number of hydrogen-bond acceptors (Lipinski definition) is 6. The Morgan fingerprint density at radius 2 is 1.58 bits per heavy atom. The minimum absolute atomic E-state index is 0.0384. The molecule has 1 aromatic carbocycles. The maximum atomic E-state index is 12.4. The molecule has 2 aromatic rings. The number of benzene rings is 1. The van der Waals surface area contributed by atoms with Crippen LogP contribution in [0.15, 0.2) is 47.5 Å². The van der Waals surface area contributed by atoms with Crippen molar-refractivity contribution in [1.29, 1.82) is 0 Å². The zero-order valence-electron chi connectivity index (χ0n) is 15.6. The van der Waals surface area contributed by atoms with Crippen molar-refractivity contribution in [3.63, 3.8) is 0 Å². The average molecular weight is 375 g/mol. The van der Waals surface area contributed by atoms with Gasteiger partial charge >= 0.3 is 0 Å². The van der Waals surface area contributed by atoms with E-state index in [4.69, 9.17) is 0 Å². The van der Waals surface area contributed by atoms with Crippen LogP contribution < -0.4 is 4.90 Å². The number of piperazine rings is 1. The molecule has 0 radical (unpaired) electrons. The first kappa shape index (κ1) is 18.8. The lowest BCUT2D eigenvalue weighted by Gasteiger charge is -2.35. The summed E-state index contributed by atoms with van der Waals surface area (Å²) >= 11 is 0. The van der Waals surface area contributed by atoms with Crippen LogP contribution in [-0.4, -0.2) is 54.4 Å². The molecule has 0 bridgehead atoms. The monoisotopic (exact) mass is 374 g/mol. The highest BCUT2D eigenvalue weighted by molar-refractivity contribution is 7.92. The summed E-state index contributed by atoms with van der Waals surface area (Å²) < 4.78 is 24.0. The molecule has 2 heterocycles. The summed E-state index contributed by atoms with van der Waals surface area (Å²) in [5.41, 5.74) is 1.32. The van der Waals surface area contributed by atoms with Gasteiger partial charge in [0.15, 0.2) is 10.8 Å². The molecule has 6 nitrogen and oxygen atoms in total. The Kier molecular flexibility index (Phi) is 5.29. The van der Waals surface area contributed by atoms with E-state index in [2.05, 4.69) is 44.3 Å². The second-order valence-corrected chi connectivity index (χ2v) is 10.2. The van der Waals surface area contributed by atoms with Crippen LogP contribution >= 0.6 is 0 Å². The lowest BCUT2D eigenvalue weighted by molar-refractivity contribution is 0.249. The Balaban J connectivity index is 1.61. The fraction of sp³-hybridized carbons (Fsp3) is 0.474. The van der Waals surface area contributed by atoms with Crippen molar-refractivity contribution in [2.45, 2.75) is 37.1 Å². The highest BCUT2D eigenvalue weighted by atomic mass is 32.2. The summed E-state index contributed by atoms with van der Waals surface area (Å²) in [6.07, 6.45) is 0. The molecule has 0 aliphatic carbocycles. The predicted octanol–water partition coefficient (Wildman–Crippen LogP) is 2.37.